The number of nitrogens with zero attached hydrogens (tertiary/aromatic N) is 1. The molecular formula is C13H23N3O3. The first-order valence-corrected chi connectivity index (χ1v) is 6.92. The average Bonchev–Trinajstić information content (AvgIpc) is 2.86. The van der Waals surface area contributed by atoms with Crippen molar-refractivity contribution in [2.24, 2.45) is 0 Å². The van der Waals surface area contributed by atoms with Gasteiger partial charge >= 0.3 is 0 Å². The summed E-state index contributed by atoms with van der Waals surface area (Å²) in [5.41, 5.74) is 0. The van der Waals surface area contributed by atoms with E-state index in [2.05, 4.69) is 10.6 Å². The van der Waals surface area contributed by atoms with E-state index in [0.29, 0.717) is 6.54 Å². The maximum atomic E-state index is 12.4. The summed E-state index contributed by atoms with van der Waals surface area (Å²) in [5, 5.41) is 6.11. The molecule has 3 atom stereocenters. The maximum Gasteiger partial charge on any atom is 0.239 e. The lowest BCUT2D eigenvalue weighted by Gasteiger charge is -2.34. The molecule has 0 bridgehead atoms. The highest BCUT2D eigenvalue weighted by atomic mass is 16.5. The van der Waals surface area contributed by atoms with Gasteiger partial charge in [0.15, 0.2) is 0 Å². The second-order valence-electron chi connectivity index (χ2n) is 5.38. The smallest absolute Gasteiger partial charge is 0.239 e. The van der Waals surface area contributed by atoms with Gasteiger partial charge in [-0.1, -0.05) is 0 Å². The first-order valence-electron chi connectivity index (χ1n) is 6.92. The second kappa shape index (κ2) is 6.34. The van der Waals surface area contributed by atoms with Gasteiger partial charge in [0.05, 0.1) is 12.1 Å². The largest absolute Gasteiger partial charge is 0.380 e. The van der Waals surface area contributed by atoms with E-state index in [-0.39, 0.29) is 30.0 Å². The molecule has 0 aromatic heterocycles. The summed E-state index contributed by atoms with van der Waals surface area (Å²) in [4.78, 5) is 25.3. The van der Waals surface area contributed by atoms with Crippen LogP contribution < -0.4 is 10.6 Å². The second-order valence-corrected chi connectivity index (χ2v) is 5.38. The van der Waals surface area contributed by atoms with E-state index in [1.807, 2.05) is 4.90 Å². The number of amides is 2. The predicted molar refractivity (Wildman–Crippen MR) is 70.6 cm³/mol. The molecule has 2 aliphatic rings. The predicted octanol–water partition coefficient (Wildman–Crippen LogP) is -0.510. The van der Waals surface area contributed by atoms with Crippen molar-refractivity contribution in [2.45, 2.75) is 44.4 Å². The lowest BCUT2D eigenvalue weighted by molar-refractivity contribution is -0.135. The van der Waals surface area contributed by atoms with Gasteiger partial charge in [-0.15, -0.1) is 0 Å². The maximum absolute atomic E-state index is 12.4. The van der Waals surface area contributed by atoms with Gasteiger partial charge in [0.2, 0.25) is 11.8 Å². The average molecular weight is 269 g/mol. The van der Waals surface area contributed by atoms with Crippen LogP contribution in [0, 0.1) is 0 Å². The molecule has 2 saturated heterocycles. The first-order chi connectivity index (χ1) is 9.10. The van der Waals surface area contributed by atoms with E-state index in [1.165, 1.54) is 6.92 Å². The third-order valence-electron chi connectivity index (χ3n) is 3.86. The molecule has 6 nitrogen and oxygen atoms in total. The topological polar surface area (TPSA) is 70.7 Å². The van der Waals surface area contributed by atoms with Crippen molar-refractivity contribution in [3.05, 3.63) is 0 Å². The number of nitrogens with one attached hydrogen (secondary N) is 2. The molecule has 2 fully saturated rings. The third-order valence-corrected chi connectivity index (χ3v) is 3.86. The number of hydrogen-bond donors (Lipinski definition) is 2. The monoisotopic (exact) mass is 269 g/mol. The van der Waals surface area contributed by atoms with Gasteiger partial charge in [-0.05, 0) is 19.3 Å². The van der Waals surface area contributed by atoms with Crippen molar-refractivity contribution in [1.82, 2.24) is 15.5 Å². The summed E-state index contributed by atoms with van der Waals surface area (Å²) >= 11 is 0. The molecule has 108 valence electrons. The van der Waals surface area contributed by atoms with Crippen LogP contribution in [-0.2, 0) is 14.3 Å². The van der Waals surface area contributed by atoms with Crippen LogP contribution in [0.2, 0.25) is 0 Å². The lowest BCUT2D eigenvalue weighted by Crippen LogP contribution is -2.53. The van der Waals surface area contributed by atoms with Crippen molar-refractivity contribution < 1.29 is 14.3 Å². The number of ether oxygens (including phenoxy) is 1. The number of hydrogen-bond acceptors (Lipinski definition) is 4. The molecule has 0 aromatic carbocycles. The Balaban J connectivity index is 1.87. The SMILES string of the molecule is COC1CNC(C(=O)N2CCCC(NC(C)=O)C2)C1. The molecule has 2 N–H and O–H groups in total. The highest BCUT2D eigenvalue weighted by Crippen LogP contribution is 2.16. The Labute approximate surface area is 113 Å². The van der Waals surface area contributed by atoms with E-state index in [9.17, 15) is 9.59 Å². The first kappa shape index (κ1) is 14.3. The summed E-state index contributed by atoms with van der Waals surface area (Å²) in [6, 6.07) is -0.0455. The van der Waals surface area contributed by atoms with Crippen LogP contribution in [0.4, 0.5) is 0 Å². The van der Waals surface area contributed by atoms with Crippen molar-refractivity contribution in [3.63, 3.8) is 0 Å². The van der Waals surface area contributed by atoms with Crippen LogP contribution in [0.3, 0.4) is 0 Å². The molecule has 2 aliphatic heterocycles. The molecule has 2 amide bonds. The van der Waals surface area contributed by atoms with Gasteiger partial charge in [0.25, 0.3) is 0 Å². The summed E-state index contributed by atoms with van der Waals surface area (Å²) in [5.74, 6) is 0.104. The Morgan fingerprint density at radius 3 is 2.84 bits per heavy atom. The molecule has 0 spiro atoms. The Bertz CT molecular complexity index is 348. The Morgan fingerprint density at radius 1 is 1.42 bits per heavy atom. The molecule has 0 aliphatic carbocycles. The quantitative estimate of drug-likeness (QED) is 0.724. The number of piperidine rings is 1. The zero-order valence-corrected chi connectivity index (χ0v) is 11.6. The van der Waals surface area contributed by atoms with Crippen molar-refractivity contribution in [1.29, 1.82) is 0 Å². The van der Waals surface area contributed by atoms with Crippen LogP contribution in [-0.4, -0.2) is 61.6 Å². The Kier molecular flexibility index (Phi) is 4.76. The fourth-order valence-corrected chi connectivity index (χ4v) is 2.87. The van der Waals surface area contributed by atoms with E-state index in [1.54, 1.807) is 7.11 Å². The minimum absolute atomic E-state index is 0.0299. The minimum atomic E-state index is -0.138. The molecular weight excluding hydrogens is 246 g/mol. The minimum Gasteiger partial charge on any atom is -0.380 e. The Morgan fingerprint density at radius 2 is 2.21 bits per heavy atom. The van der Waals surface area contributed by atoms with Gasteiger partial charge in [-0.25, -0.2) is 0 Å². The summed E-state index contributed by atoms with van der Waals surface area (Å²) in [6.07, 6.45) is 2.75. The van der Waals surface area contributed by atoms with Gasteiger partial charge in [0, 0.05) is 39.7 Å². The molecule has 3 unspecified atom stereocenters. The number of carbonyl (C=O) groups is 2. The number of methoxy groups -OCH3 is 1. The Hall–Kier alpha value is -1.14. The van der Waals surface area contributed by atoms with Crippen molar-refractivity contribution >= 4 is 11.8 Å². The highest BCUT2D eigenvalue weighted by molar-refractivity contribution is 5.82. The molecule has 0 aromatic rings. The molecule has 6 heteroatoms. The summed E-state index contributed by atoms with van der Waals surface area (Å²) in [7, 11) is 1.67. The van der Waals surface area contributed by atoms with Crippen LogP contribution in [0.1, 0.15) is 26.2 Å². The van der Waals surface area contributed by atoms with E-state index < -0.39 is 0 Å². The third kappa shape index (κ3) is 3.67. The molecule has 0 radical (unpaired) electrons. The standard InChI is InChI=1S/C13H23N3O3/c1-9(17)15-10-4-3-5-16(8-10)13(18)12-6-11(19-2)7-14-12/h10-12,14H,3-8H2,1-2H3,(H,15,17). The molecule has 2 heterocycles. The van der Waals surface area contributed by atoms with Crippen molar-refractivity contribution in [2.75, 3.05) is 26.7 Å². The fraction of sp³-hybridized carbons (Fsp3) is 0.846. The van der Waals surface area contributed by atoms with Crippen molar-refractivity contribution in [3.8, 4) is 0 Å². The van der Waals surface area contributed by atoms with Crippen LogP contribution >= 0.6 is 0 Å². The van der Waals surface area contributed by atoms with Gasteiger partial charge < -0.3 is 20.3 Å². The molecule has 2 rings (SSSR count). The summed E-state index contributed by atoms with van der Waals surface area (Å²) < 4.78 is 5.26. The number of likely N-dealkylation sites (tertiary alicyclic amines) is 1. The fourth-order valence-electron chi connectivity index (χ4n) is 2.87. The van der Waals surface area contributed by atoms with Gasteiger partial charge in [-0.3, -0.25) is 9.59 Å². The number of rotatable bonds is 3. The van der Waals surface area contributed by atoms with E-state index in [0.717, 1.165) is 32.4 Å². The van der Waals surface area contributed by atoms with Gasteiger partial charge in [-0.2, -0.15) is 0 Å². The molecule has 19 heavy (non-hydrogen) atoms. The van der Waals surface area contributed by atoms with E-state index in [4.69, 9.17) is 4.74 Å². The molecule has 0 saturated carbocycles. The zero-order chi connectivity index (χ0) is 13.8. The number of carbonyl (C=O) groups excluding carboxylic acids is 2. The van der Waals surface area contributed by atoms with Gasteiger partial charge in [0.1, 0.15) is 0 Å². The van der Waals surface area contributed by atoms with Crippen LogP contribution in [0.5, 0.6) is 0 Å². The van der Waals surface area contributed by atoms with Crippen LogP contribution in [0.25, 0.3) is 0 Å². The van der Waals surface area contributed by atoms with E-state index >= 15 is 0 Å². The summed E-state index contributed by atoms with van der Waals surface area (Å²) in [6.45, 7) is 3.65. The van der Waals surface area contributed by atoms with Crippen LogP contribution in [0.15, 0.2) is 0 Å². The lowest BCUT2D eigenvalue weighted by atomic mass is 10.0. The highest BCUT2D eigenvalue weighted by Gasteiger charge is 2.34. The normalized spacial score (nSPS) is 31.3. The zero-order valence-electron chi connectivity index (χ0n) is 11.6.